The fraction of sp³-hybridized carbons (Fsp3) is 0.188. The molecule has 0 saturated heterocycles. The Bertz CT molecular complexity index is 534. The van der Waals surface area contributed by atoms with Crippen molar-refractivity contribution >= 4 is 11.6 Å². The number of carbonyl (C=O) groups is 1. The molecule has 19 heavy (non-hydrogen) atoms. The van der Waals surface area contributed by atoms with Crippen LogP contribution in [0.3, 0.4) is 0 Å². The molecule has 0 aliphatic carbocycles. The van der Waals surface area contributed by atoms with Gasteiger partial charge in [0.1, 0.15) is 0 Å². The summed E-state index contributed by atoms with van der Waals surface area (Å²) in [6, 6.07) is 17.2. The molecular weight excluding hydrogens is 236 g/mol. The molecule has 2 rings (SSSR count). The van der Waals surface area contributed by atoms with Gasteiger partial charge in [-0.3, -0.25) is 4.79 Å². The van der Waals surface area contributed by atoms with Gasteiger partial charge in [0, 0.05) is 24.3 Å². The summed E-state index contributed by atoms with van der Waals surface area (Å²) < 4.78 is 0. The van der Waals surface area contributed by atoms with Crippen molar-refractivity contribution in [1.82, 2.24) is 0 Å². The lowest BCUT2D eigenvalue weighted by Crippen LogP contribution is -2.35. The van der Waals surface area contributed by atoms with Gasteiger partial charge in [-0.25, -0.2) is 0 Å². The second-order valence-corrected chi connectivity index (χ2v) is 4.45. The normalized spacial score (nSPS) is 10.2. The Kier molecular flexibility index (Phi) is 4.31. The zero-order chi connectivity index (χ0) is 13.7. The lowest BCUT2D eigenvalue weighted by atomic mass is 10.1. The van der Waals surface area contributed by atoms with Crippen LogP contribution in [0.2, 0.25) is 0 Å². The van der Waals surface area contributed by atoms with Gasteiger partial charge in [-0.1, -0.05) is 35.9 Å². The molecule has 98 valence electrons. The van der Waals surface area contributed by atoms with Gasteiger partial charge < -0.3 is 10.6 Å². The Labute approximate surface area is 113 Å². The standard InChI is InChI=1S/C16H18N2O/c1-13-7-9-14(10-8-13)16(19)18(12-11-17)15-5-3-2-4-6-15/h2-10H,11-12,17H2,1H3. The number of para-hydroxylation sites is 1. The summed E-state index contributed by atoms with van der Waals surface area (Å²) in [6.07, 6.45) is 0. The highest BCUT2D eigenvalue weighted by Crippen LogP contribution is 2.16. The molecule has 0 aromatic heterocycles. The minimum Gasteiger partial charge on any atom is -0.329 e. The lowest BCUT2D eigenvalue weighted by molar-refractivity contribution is 0.0987. The van der Waals surface area contributed by atoms with Crippen LogP contribution >= 0.6 is 0 Å². The van der Waals surface area contributed by atoms with Crippen LogP contribution in [-0.4, -0.2) is 19.0 Å². The van der Waals surface area contributed by atoms with E-state index in [1.54, 1.807) is 4.90 Å². The third-order valence-electron chi connectivity index (χ3n) is 2.96. The van der Waals surface area contributed by atoms with Crippen molar-refractivity contribution in [1.29, 1.82) is 0 Å². The molecule has 0 saturated carbocycles. The Balaban J connectivity index is 2.29. The lowest BCUT2D eigenvalue weighted by Gasteiger charge is -2.22. The first-order valence-corrected chi connectivity index (χ1v) is 6.36. The monoisotopic (exact) mass is 254 g/mol. The maximum Gasteiger partial charge on any atom is 0.258 e. The molecule has 3 nitrogen and oxygen atoms in total. The van der Waals surface area contributed by atoms with Crippen LogP contribution in [-0.2, 0) is 0 Å². The Hall–Kier alpha value is -2.13. The van der Waals surface area contributed by atoms with E-state index in [1.807, 2.05) is 61.5 Å². The summed E-state index contributed by atoms with van der Waals surface area (Å²) in [6.45, 7) is 2.95. The maximum atomic E-state index is 12.5. The van der Waals surface area contributed by atoms with Crippen LogP contribution < -0.4 is 10.6 Å². The summed E-state index contributed by atoms with van der Waals surface area (Å²) in [5.74, 6) is -0.0170. The first-order chi connectivity index (χ1) is 9.22. The number of hydrogen-bond acceptors (Lipinski definition) is 2. The van der Waals surface area contributed by atoms with Crippen LogP contribution in [0.15, 0.2) is 54.6 Å². The van der Waals surface area contributed by atoms with E-state index in [1.165, 1.54) is 0 Å². The van der Waals surface area contributed by atoms with Crippen LogP contribution in [0.4, 0.5) is 5.69 Å². The third-order valence-corrected chi connectivity index (χ3v) is 2.96. The minimum atomic E-state index is -0.0170. The second kappa shape index (κ2) is 6.16. The van der Waals surface area contributed by atoms with Gasteiger partial charge in [0.15, 0.2) is 0 Å². The predicted molar refractivity (Wildman–Crippen MR) is 78.4 cm³/mol. The van der Waals surface area contributed by atoms with E-state index in [4.69, 9.17) is 5.73 Å². The highest BCUT2D eigenvalue weighted by molar-refractivity contribution is 6.06. The van der Waals surface area contributed by atoms with Crippen molar-refractivity contribution in [2.75, 3.05) is 18.0 Å². The van der Waals surface area contributed by atoms with E-state index >= 15 is 0 Å². The number of amides is 1. The van der Waals surface area contributed by atoms with Crippen molar-refractivity contribution < 1.29 is 4.79 Å². The number of rotatable bonds is 4. The summed E-state index contributed by atoms with van der Waals surface area (Å²) >= 11 is 0. The minimum absolute atomic E-state index is 0.0170. The molecule has 2 N–H and O–H groups in total. The van der Waals surface area contributed by atoms with Crippen molar-refractivity contribution in [2.45, 2.75) is 6.92 Å². The number of hydrogen-bond donors (Lipinski definition) is 1. The molecule has 0 aliphatic heterocycles. The van der Waals surface area contributed by atoms with Crippen LogP contribution in [0, 0.1) is 6.92 Å². The number of aryl methyl sites for hydroxylation is 1. The number of nitrogens with two attached hydrogens (primary N) is 1. The Morgan fingerprint density at radius 2 is 1.68 bits per heavy atom. The molecule has 0 spiro atoms. The van der Waals surface area contributed by atoms with Crippen LogP contribution in [0.25, 0.3) is 0 Å². The summed E-state index contributed by atoms with van der Waals surface area (Å²) in [4.78, 5) is 14.2. The zero-order valence-corrected chi connectivity index (χ0v) is 11.0. The smallest absolute Gasteiger partial charge is 0.258 e. The summed E-state index contributed by atoms with van der Waals surface area (Å²) in [5.41, 5.74) is 8.31. The van der Waals surface area contributed by atoms with Crippen molar-refractivity contribution in [3.8, 4) is 0 Å². The summed E-state index contributed by atoms with van der Waals surface area (Å²) in [7, 11) is 0. The molecule has 3 heteroatoms. The number of carbonyl (C=O) groups excluding carboxylic acids is 1. The fourth-order valence-corrected chi connectivity index (χ4v) is 1.94. The molecule has 0 bridgehead atoms. The molecule has 0 fully saturated rings. The fourth-order valence-electron chi connectivity index (χ4n) is 1.94. The van der Waals surface area contributed by atoms with Crippen molar-refractivity contribution in [3.63, 3.8) is 0 Å². The van der Waals surface area contributed by atoms with Gasteiger partial charge in [0.05, 0.1) is 0 Å². The van der Waals surface area contributed by atoms with Gasteiger partial charge in [0.2, 0.25) is 0 Å². The van der Waals surface area contributed by atoms with Gasteiger partial charge in [-0.15, -0.1) is 0 Å². The van der Waals surface area contributed by atoms with Crippen LogP contribution in [0.5, 0.6) is 0 Å². The van der Waals surface area contributed by atoms with Gasteiger partial charge in [-0.05, 0) is 31.2 Å². The van der Waals surface area contributed by atoms with Crippen molar-refractivity contribution in [2.24, 2.45) is 5.73 Å². The SMILES string of the molecule is Cc1ccc(C(=O)N(CCN)c2ccccc2)cc1. The first-order valence-electron chi connectivity index (χ1n) is 6.36. The topological polar surface area (TPSA) is 46.3 Å². The molecule has 0 aliphatic rings. The van der Waals surface area contributed by atoms with E-state index in [0.717, 1.165) is 11.3 Å². The largest absolute Gasteiger partial charge is 0.329 e. The zero-order valence-electron chi connectivity index (χ0n) is 11.0. The first kappa shape index (κ1) is 13.3. The van der Waals surface area contributed by atoms with E-state index in [9.17, 15) is 4.79 Å². The highest BCUT2D eigenvalue weighted by Gasteiger charge is 2.16. The molecule has 2 aromatic rings. The van der Waals surface area contributed by atoms with E-state index in [-0.39, 0.29) is 5.91 Å². The molecular formula is C16H18N2O. The van der Waals surface area contributed by atoms with Crippen molar-refractivity contribution in [3.05, 3.63) is 65.7 Å². The van der Waals surface area contributed by atoms with Crippen LogP contribution in [0.1, 0.15) is 15.9 Å². The molecule has 0 radical (unpaired) electrons. The quantitative estimate of drug-likeness (QED) is 0.911. The average Bonchev–Trinajstić information content (AvgIpc) is 2.46. The van der Waals surface area contributed by atoms with E-state index in [2.05, 4.69) is 0 Å². The summed E-state index contributed by atoms with van der Waals surface area (Å²) in [5, 5.41) is 0. The van der Waals surface area contributed by atoms with E-state index in [0.29, 0.717) is 18.7 Å². The molecule has 2 aromatic carbocycles. The number of nitrogens with zero attached hydrogens (tertiary/aromatic N) is 1. The van der Waals surface area contributed by atoms with Gasteiger partial charge in [0.25, 0.3) is 5.91 Å². The molecule has 0 unspecified atom stereocenters. The third kappa shape index (κ3) is 3.20. The number of benzene rings is 2. The van der Waals surface area contributed by atoms with Gasteiger partial charge >= 0.3 is 0 Å². The predicted octanol–water partition coefficient (Wildman–Crippen LogP) is 2.60. The molecule has 0 atom stereocenters. The van der Waals surface area contributed by atoms with E-state index < -0.39 is 0 Å². The maximum absolute atomic E-state index is 12.5. The molecule has 1 amide bonds. The second-order valence-electron chi connectivity index (χ2n) is 4.45. The highest BCUT2D eigenvalue weighted by atomic mass is 16.2. The number of anilines is 1. The Morgan fingerprint density at radius 1 is 1.05 bits per heavy atom. The van der Waals surface area contributed by atoms with Gasteiger partial charge in [-0.2, -0.15) is 0 Å². The molecule has 0 heterocycles. The Morgan fingerprint density at radius 3 is 2.26 bits per heavy atom. The average molecular weight is 254 g/mol.